The first-order valence-electron chi connectivity index (χ1n) is 6.13. The summed E-state index contributed by atoms with van der Waals surface area (Å²) in [5.41, 5.74) is 9.31. The minimum absolute atomic E-state index is 0.0422. The maximum Gasteiger partial charge on any atom is 0.0684 e. The van der Waals surface area contributed by atoms with E-state index in [1.54, 1.807) is 6.20 Å². The van der Waals surface area contributed by atoms with E-state index in [2.05, 4.69) is 35.3 Å². The highest BCUT2D eigenvalue weighted by Gasteiger charge is 2.42. The predicted molar refractivity (Wildman–Crippen MR) is 70.2 cm³/mol. The molecule has 1 fully saturated rings. The minimum atomic E-state index is -0.0422. The number of hydrogen-bond acceptors (Lipinski definition) is 3. The molecule has 1 aromatic carbocycles. The van der Waals surface area contributed by atoms with E-state index in [4.69, 9.17) is 10.5 Å². The normalized spacial score (nSPS) is 17.2. The van der Waals surface area contributed by atoms with Gasteiger partial charge in [-0.15, -0.1) is 0 Å². The molecule has 0 amide bonds. The van der Waals surface area contributed by atoms with Crippen molar-refractivity contribution in [1.82, 2.24) is 4.98 Å². The molecule has 1 aliphatic heterocycles. The molecule has 2 aromatic rings. The summed E-state index contributed by atoms with van der Waals surface area (Å²) in [5, 5.41) is 0. The van der Waals surface area contributed by atoms with Crippen molar-refractivity contribution >= 4 is 0 Å². The summed E-state index contributed by atoms with van der Waals surface area (Å²) >= 11 is 0. The summed E-state index contributed by atoms with van der Waals surface area (Å²) in [6, 6.07) is 12.5. The van der Waals surface area contributed by atoms with Crippen LogP contribution in [-0.4, -0.2) is 18.2 Å². The Bertz CT molecular complexity index is 535. The number of benzene rings is 1. The number of ether oxygens (including phenoxy) is 1. The maximum absolute atomic E-state index is 5.72. The van der Waals surface area contributed by atoms with Crippen LogP contribution in [0.5, 0.6) is 0 Å². The van der Waals surface area contributed by atoms with Crippen molar-refractivity contribution in [2.45, 2.75) is 12.0 Å². The van der Waals surface area contributed by atoms with Crippen LogP contribution in [0.3, 0.4) is 0 Å². The zero-order valence-corrected chi connectivity index (χ0v) is 10.2. The van der Waals surface area contributed by atoms with E-state index in [-0.39, 0.29) is 5.41 Å². The zero-order chi connectivity index (χ0) is 12.4. The van der Waals surface area contributed by atoms with Gasteiger partial charge in [0.1, 0.15) is 0 Å². The number of rotatable bonds is 3. The van der Waals surface area contributed by atoms with Crippen molar-refractivity contribution < 1.29 is 4.74 Å². The van der Waals surface area contributed by atoms with Gasteiger partial charge in [0, 0.05) is 18.9 Å². The van der Waals surface area contributed by atoms with E-state index in [1.807, 2.05) is 12.3 Å². The molecular formula is C15H16N2O. The molecule has 1 saturated heterocycles. The Hall–Kier alpha value is -1.71. The molecule has 1 aromatic heterocycles. The lowest BCUT2D eigenvalue weighted by Gasteiger charge is -2.42. The molecule has 1 aliphatic rings. The first kappa shape index (κ1) is 11.4. The van der Waals surface area contributed by atoms with Crippen LogP contribution in [0.15, 0.2) is 48.8 Å². The van der Waals surface area contributed by atoms with Crippen molar-refractivity contribution in [3.05, 3.63) is 65.5 Å². The van der Waals surface area contributed by atoms with Gasteiger partial charge in [-0.3, -0.25) is 4.98 Å². The third kappa shape index (κ3) is 1.72. The molecule has 92 valence electrons. The summed E-state index contributed by atoms with van der Waals surface area (Å²) in [4.78, 5) is 4.22. The Balaban J connectivity index is 2.06. The molecule has 0 aliphatic carbocycles. The number of nitrogens with two attached hydrogens (primary N) is 1. The van der Waals surface area contributed by atoms with Gasteiger partial charge in [0.05, 0.1) is 18.6 Å². The lowest BCUT2D eigenvalue weighted by molar-refractivity contribution is -0.0381. The summed E-state index contributed by atoms with van der Waals surface area (Å²) < 4.78 is 5.46. The second-order valence-corrected chi connectivity index (χ2v) is 4.72. The predicted octanol–water partition coefficient (Wildman–Crippen LogP) is 1.86. The fourth-order valence-corrected chi connectivity index (χ4v) is 2.45. The van der Waals surface area contributed by atoms with Gasteiger partial charge < -0.3 is 10.5 Å². The maximum atomic E-state index is 5.72. The summed E-state index contributed by atoms with van der Waals surface area (Å²) in [5.74, 6) is 0. The molecular weight excluding hydrogens is 224 g/mol. The van der Waals surface area contributed by atoms with Crippen molar-refractivity contribution in [2.24, 2.45) is 5.73 Å². The van der Waals surface area contributed by atoms with Gasteiger partial charge in [-0.1, -0.05) is 30.3 Å². The molecule has 0 atom stereocenters. The molecule has 3 nitrogen and oxygen atoms in total. The van der Waals surface area contributed by atoms with Crippen LogP contribution in [0.4, 0.5) is 0 Å². The second-order valence-electron chi connectivity index (χ2n) is 4.72. The van der Waals surface area contributed by atoms with Crippen molar-refractivity contribution in [3.8, 4) is 0 Å². The van der Waals surface area contributed by atoms with E-state index in [0.717, 1.165) is 5.56 Å². The minimum Gasteiger partial charge on any atom is -0.379 e. The first-order valence-corrected chi connectivity index (χ1v) is 6.13. The molecule has 0 radical (unpaired) electrons. The van der Waals surface area contributed by atoms with Crippen LogP contribution in [0.25, 0.3) is 0 Å². The van der Waals surface area contributed by atoms with Crippen LogP contribution in [0.2, 0.25) is 0 Å². The molecule has 0 spiro atoms. The van der Waals surface area contributed by atoms with Crippen LogP contribution < -0.4 is 5.73 Å². The molecule has 3 rings (SSSR count). The molecule has 2 N–H and O–H groups in total. The largest absolute Gasteiger partial charge is 0.379 e. The number of nitrogens with zero attached hydrogens (tertiary/aromatic N) is 1. The third-order valence-electron chi connectivity index (χ3n) is 3.63. The van der Waals surface area contributed by atoms with Crippen molar-refractivity contribution in [2.75, 3.05) is 13.2 Å². The lowest BCUT2D eigenvalue weighted by atomic mass is 9.73. The summed E-state index contributed by atoms with van der Waals surface area (Å²) in [6.07, 6.45) is 3.73. The number of pyridine rings is 1. The van der Waals surface area contributed by atoms with Gasteiger partial charge >= 0.3 is 0 Å². The van der Waals surface area contributed by atoms with Crippen molar-refractivity contribution in [3.63, 3.8) is 0 Å². The molecule has 0 unspecified atom stereocenters. The standard InChI is InChI=1S/C15H16N2O/c16-8-12-3-1-4-13(7-12)15(10-18-11-15)14-5-2-6-17-9-14/h1-7,9H,8,10-11,16H2. The van der Waals surface area contributed by atoms with Crippen LogP contribution in [-0.2, 0) is 16.7 Å². The van der Waals surface area contributed by atoms with Crippen molar-refractivity contribution in [1.29, 1.82) is 0 Å². The van der Waals surface area contributed by atoms with Gasteiger partial charge in [-0.05, 0) is 22.8 Å². The molecule has 2 heterocycles. The highest BCUT2D eigenvalue weighted by Crippen LogP contribution is 2.38. The Morgan fingerprint density at radius 1 is 1.17 bits per heavy atom. The Kier molecular flexibility index (Phi) is 2.86. The van der Waals surface area contributed by atoms with Crippen LogP contribution in [0, 0.1) is 0 Å². The molecule has 18 heavy (non-hydrogen) atoms. The van der Waals surface area contributed by atoms with Crippen LogP contribution in [0.1, 0.15) is 16.7 Å². The highest BCUT2D eigenvalue weighted by molar-refractivity contribution is 5.42. The summed E-state index contributed by atoms with van der Waals surface area (Å²) in [6.45, 7) is 2.00. The van der Waals surface area contributed by atoms with Gasteiger partial charge in [0.2, 0.25) is 0 Å². The SMILES string of the molecule is NCc1cccc(C2(c3cccnc3)COC2)c1. The molecule has 0 bridgehead atoms. The van der Waals surface area contributed by atoms with Gasteiger partial charge in [0.25, 0.3) is 0 Å². The van der Waals surface area contributed by atoms with E-state index in [0.29, 0.717) is 19.8 Å². The third-order valence-corrected chi connectivity index (χ3v) is 3.63. The fourth-order valence-electron chi connectivity index (χ4n) is 2.45. The highest BCUT2D eigenvalue weighted by atomic mass is 16.5. The van der Waals surface area contributed by atoms with Gasteiger partial charge in [-0.2, -0.15) is 0 Å². The average molecular weight is 240 g/mol. The van der Waals surface area contributed by atoms with Gasteiger partial charge in [0.15, 0.2) is 0 Å². The number of hydrogen-bond donors (Lipinski definition) is 1. The fraction of sp³-hybridized carbons (Fsp3) is 0.267. The molecule has 3 heteroatoms. The van der Waals surface area contributed by atoms with Gasteiger partial charge in [-0.25, -0.2) is 0 Å². The topological polar surface area (TPSA) is 48.1 Å². The second kappa shape index (κ2) is 4.52. The van der Waals surface area contributed by atoms with E-state index >= 15 is 0 Å². The quantitative estimate of drug-likeness (QED) is 0.890. The monoisotopic (exact) mass is 240 g/mol. The van der Waals surface area contributed by atoms with E-state index in [9.17, 15) is 0 Å². The number of aromatic nitrogens is 1. The Morgan fingerprint density at radius 3 is 2.61 bits per heavy atom. The molecule has 0 saturated carbocycles. The zero-order valence-electron chi connectivity index (χ0n) is 10.2. The Morgan fingerprint density at radius 2 is 2.00 bits per heavy atom. The van der Waals surface area contributed by atoms with Crippen LogP contribution >= 0.6 is 0 Å². The Labute approximate surface area is 107 Å². The summed E-state index contributed by atoms with van der Waals surface area (Å²) in [7, 11) is 0. The smallest absolute Gasteiger partial charge is 0.0684 e. The van der Waals surface area contributed by atoms with E-state index < -0.39 is 0 Å². The lowest BCUT2D eigenvalue weighted by Crippen LogP contribution is -2.47. The average Bonchev–Trinajstić information content (AvgIpc) is 2.39. The first-order chi connectivity index (χ1) is 8.85. The van der Waals surface area contributed by atoms with E-state index in [1.165, 1.54) is 11.1 Å².